The van der Waals surface area contributed by atoms with E-state index < -0.39 is 0 Å². The van der Waals surface area contributed by atoms with Gasteiger partial charge in [0, 0.05) is 10.8 Å². The Kier molecular flexibility index (Phi) is 19.2. The monoisotopic (exact) mass is 921 g/mol. The molecule has 0 aromatic carbocycles. The highest BCUT2D eigenvalue weighted by atomic mass is 35.5. The summed E-state index contributed by atoms with van der Waals surface area (Å²) >= 11 is 9.53. The SMILES string of the molecule is C.C.C=C1CCC2C[C@]12C(C)/C=C1\CCC[C@]2(C)[C@@H]([C@H](C)/C=C/[C@H](C)C(C)C)CC[C@@H]12.C=C1[C@@H](O)CC2C[C@]12C(C)/C=C1\CCC[C@]2(C)[C@@H]([C@H](C)/C=C/[C@H](C)C(C)C)CC[C@@H]12.ClCCl. The Morgan fingerprint density at radius 1 is 0.609 bits per heavy atom. The van der Waals surface area contributed by atoms with Crippen LogP contribution >= 0.6 is 23.2 Å². The number of aliphatic hydroxyl groups excluding tert-OH is 1. The van der Waals surface area contributed by atoms with Crippen molar-refractivity contribution in [1.82, 2.24) is 0 Å². The number of hydrogen-bond donors (Lipinski definition) is 1. The fraction of sp³-hybridized carbons (Fsp3) is 0.803. The maximum Gasteiger partial charge on any atom is 0.0967 e. The lowest BCUT2D eigenvalue weighted by atomic mass is 9.60. The predicted molar refractivity (Wildman–Crippen MR) is 285 cm³/mol. The minimum atomic E-state index is -0.252. The van der Waals surface area contributed by atoms with E-state index in [9.17, 15) is 5.11 Å². The molecule has 0 bridgehead atoms. The molecule has 0 saturated heterocycles. The van der Waals surface area contributed by atoms with Gasteiger partial charge in [0.1, 0.15) is 0 Å². The van der Waals surface area contributed by atoms with E-state index in [1.807, 2.05) is 5.57 Å². The zero-order chi connectivity index (χ0) is 45.5. The second kappa shape index (κ2) is 22.2. The van der Waals surface area contributed by atoms with Crippen molar-refractivity contribution in [3.8, 4) is 0 Å². The maximum atomic E-state index is 10.3. The number of rotatable bonds is 12. The molecular weight excluding hydrogens is 820 g/mol. The van der Waals surface area contributed by atoms with Crippen molar-refractivity contribution < 1.29 is 5.11 Å². The van der Waals surface area contributed by atoms with E-state index in [-0.39, 0.29) is 31.7 Å². The molecule has 1 N–H and O–H groups in total. The zero-order valence-electron chi connectivity index (χ0n) is 42.1. The lowest BCUT2D eigenvalue weighted by Crippen LogP contribution is -2.36. The molecule has 0 heterocycles. The first-order valence-electron chi connectivity index (χ1n) is 26.2. The van der Waals surface area contributed by atoms with Gasteiger partial charge in [-0.15, -0.1) is 23.2 Å². The van der Waals surface area contributed by atoms with E-state index in [1.54, 1.807) is 11.1 Å². The lowest BCUT2D eigenvalue weighted by molar-refractivity contribution is 0.111. The van der Waals surface area contributed by atoms with Crippen LogP contribution in [0.5, 0.6) is 0 Å². The van der Waals surface area contributed by atoms with Crippen molar-refractivity contribution in [2.75, 3.05) is 5.34 Å². The third-order valence-electron chi connectivity index (χ3n) is 20.7. The van der Waals surface area contributed by atoms with Crippen molar-refractivity contribution >= 4 is 23.2 Å². The number of fused-ring (bicyclic) bond motifs is 4. The summed E-state index contributed by atoms with van der Waals surface area (Å²) in [5.74, 6) is 10.4. The average Bonchev–Trinajstić information content (AvgIpc) is 3.96. The van der Waals surface area contributed by atoms with E-state index in [1.165, 1.54) is 89.9 Å². The minimum absolute atomic E-state index is 0. The molecule has 3 heteroatoms. The van der Waals surface area contributed by atoms with E-state index in [2.05, 4.69) is 133 Å². The third-order valence-corrected chi connectivity index (χ3v) is 20.7. The normalized spacial score (nSPS) is 41.2. The van der Waals surface area contributed by atoms with Gasteiger partial charge in [0.25, 0.3) is 0 Å². The van der Waals surface area contributed by atoms with Crippen LogP contribution in [0.1, 0.15) is 194 Å². The number of halogens is 2. The largest absolute Gasteiger partial charge is 0.389 e. The Morgan fingerprint density at radius 2 is 1.03 bits per heavy atom. The highest BCUT2D eigenvalue weighted by Crippen LogP contribution is 2.72. The maximum absolute atomic E-state index is 10.3. The van der Waals surface area contributed by atoms with Crippen LogP contribution in [0.2, 0.25) is 0 Å². The predicted octanol–water partition coefficient (Wildman–Crippen LogP) is 18.9. The molecule has 4 unspecified atom stereocenters. The van der Waals surface area contributed by atoms with Crippen molar-refractivity contribution in [2.45, 2.75) is 200 Å². The van der Waals surface area contributed by atoms with Crippen molar-refractivity contribution in [2.24, 2.45) is 105 Å². The zero-order valence-corrected chi connectivity index (χ0v) is 43.6. The molecule has 17 atom stereocenters. The summed E-state index contributed by atoms with van der Waals surface area (Å²) in [5.41, 5.74) is 8.00. The van der Waals surface area contributed by atoms with Crippen LogP contribution < -0.4 is 0 Å². The number of hydrogen-bond acceptors (Lipinski definition) is 1. The van der Waals surface area contributed by atoms with E-state index >= 15 is 0 Å². The van der Waals surface area contributed by atoms with Crippen LogP contribution in [-0.4, -0.2) is 16.5 Å². The Balaban J connectivity index is 0.000000257. The van der Waals surface area contributed by atoms with Gasteiger partial charge in [0.2, 0.25) is 0 Å². The third kappa shape index (κ3) is 10.6. The Bertz CT molecular complexity index is 1700. The minimum Gasteiger partial charge on any atom is -0.389 e. The van der Waals surface area contributed by atoms with E-state index in [4.69, 9.17) is 23.2 Å². The average molecular weight is 922 g/mol. The molecule has 0 amide bonds. The number of allylic oxidation sites excluding steroid dienone is 9. The molecule has 366 valence electrons. The summed E-state index contributed by atoms with van der Waals surface area (Å²) in [4.78, 5) is 0. The topological polar surface area (TPSA) is 20.2 Å². The quantitative estimate of drug-likeness (QED) is 0.153. The van der Waals surface area contributed by atoms with Gasteiger partial charge in [0.05, 0.1) is 11.4 Å². The van der Waals surface area contributed by atoms with Crippen LogP contribution in [0, 0.1) is 105 Å². The van der Waals surface area contributed by atoms with Gasteiger partial charge >= 0.3 is 0 Å². The van der Waals surface area contributed by atoms with Gasteiger partial charge in [-0.2, -0.15) is 0 Å². The number of aliphatic hydroxyl groups is 1. The highest BCUT2D eigenvalue weighted by Gasteiger charge is 2.65. The highest BCUT2D eigenvalue weighted by molar-refractivity contribution is 6.40. The standard InChI is InChI=1S/C29H46O.C29H46.CH2Cl2.2CH4/c1-18(2)19(3)10-11-20(4)25-12-13-26-23(9-8-14-28(25,26)7)15-21(5)29-17-24(29)16-27(30)22(29)6;1-19(2)20(3)10-11-21(4)26-14-15-27-24(9-8-16-28(26,27)7)17-23(6)29-18-25(29)13-12-22(29)5;2-1-3;;/h10-11,15,18-21,24-27,30H,6,8-9,12-14,16-17H2,1-5,7H3;10-11,17,19-21,23,25-27H,5,8-9,12-16,18H2,1-4,6-7H3;1H2;2*1H4/b11-10+,23-15+;11-10+,24-17+;;;/t19-,20+,21?,24?,25+,26-,27-,28+,29-;20-,21+,23?,25?,26+,27-,28+,29+;;;/m00.../s1. The summed E-state index contributed by atoms with van der Waals surface area (Å²) in [5, 5.41) is 10.5. The second-order valence-corrected chi connectivity index (χ2v) is 25.2. The molecule has 0 aromatic heterocycles. The summed E-state index contributed by atoms with van der Waals surface area (Å²) < 4.78 is 0. The lowest BCUT2D eigenvalue weighted by Gasteiger charge is -2.44. The molecule has 8 rings (SSSR count). The molecule has 0 spiro atoms. The Labute approximate surface area is 408 Å². The molecule has 8 saturated carbocycles. The first-order chi connectivity index (χ1) is 29.2. The van der Waals surface area contributed by atoms with Crippen LogP contribution in [-0.2, 0) is 0 Å². The first kappa shape index (κ1) is 55.6. The van der Waals surface area contributed by atoms with Gasteiger partial charge in [-0.05, 0) is 196 Å². The number of alkyl halides is 2. The van der Waals surface area contributed by atoms with Crippen LogP contribution in [0.25, 0.3) is 0 Å². The molecule has 8 aliphatic rings. The van der Waals surface area contributed by atoms with Gasteiger partial charge in [-0.25, -0.2) is 0 Å². The Morgan fingerprint density at radius 3 is 1.39 bits per heavy atom. The smallest absolute Gasteiger partial charge is 0.0967 e. The van der Waals surface area contributed by atoms with Crippen molar-refractivity contribution in [3.63, 3.8) is 0 Å². The summed E-state index contributed by atoms with van der Waals surface area (Å²) in [6.45, 7) is 38.0. The van der Waals surface area contributed by atoms with Crippen molar-refractivity contribution in [1.29, 1.82) is 0 Å². The fourth-order valence-electron chi connectivity index (χ4n) is 15.8. The summed E-state index contributed by atoms with van der Waals surface area (Å²) in [6.07, 6.45) is 35.5. The van der Waals surface area contributed by atoms with Gasteiger partial charge in [-0.1, -0.05) is 164 Å². The molecule has 8 fully saturated rings. The molecule has 0 aromatic rings. The molecule has 64 heavy (non-hydrogen) atoms. The molecule has 8 aliphatic carbocycles. The fourth-order valence-corrected chi connectivity index (χ4v) is 15.8. The molecule has 0 radical (unpaired) electrons. The first-order valence-corrected chi connectivity index (χ1v) is 27.2. The van der Waals surface area contributed by atoms with Gasteiger partial charge in [-0.3, -0.25) is 0 Å². The molecular formula is C61H102Cl2O. The van der Waals surface area contributed by atoms with E-state index in [0.717, 1.165) is 53.4 Å². The molecule has 0 aliphatic heterocycles. The summed E-state index contributed by atoms with van der Waals surface area (Å²) in [6, 6.07) is 0. The molecule has 1 nitrogen and oxygen atoms in total. The Hall–Kier alpha value is -1.02. The van der Waals surface area contributed by atoms with Gasteiger partial charge in [0.15, 0.2) is 0 Å². The van der Waals surface area contributed by atoms with Crippen LogP contribution in [0.15, 0.2) is 71.9 Å². The van der Waals surface area contributed by atoms with E-state index in [0.29, 0.717) is 57.7 Å². The summed E-state index contributed by atoms with van der Waals surface area (Å²) in [7, 11) is 0. The van der Waals surface area contributed by atoms with Crippen molar-refractivity contribution in [3.05, 3.63) is 71.9 Å². The van der Waals surface area contributed by atoms with Crippen LogP contribution in [0.3, 0.4) is 0 Å². The van der Waals surface area contributed by atoms with Crippen LogP contribution in [0.4, 0.5) is 0 Å². The second-order valence-electron chi connectivity index (χ2n) is 24.3. The van der Waals surface area contributed by atoms with Gasteiger partial charge < -0.3 is 5.11 Å².